The number of anilines is 2. The van der Waals surface area contributed by atoms with Crippen LogP contribution < -0.4 is 15.0 Å². The zero-order chi connectivity index (χ0) is 11.9. The fraction of sp³-hybridized carbons (Fsp3) is 0.571. The van der Waals surface area contributed by atoms with Crippen LogP contribution in [0.25, 0.3) is 0 Å². The monoisotopic (exact) mass is 232 g/mol. The molecule has 0 saturated heterocycles. The molecule has 1 heterocycles. The summed E-state index contributed by atoms with van der Waals surface area (Å²) in [6, 6.07) is 6.26. The van der Waals surface area contributed by atoms with Crippen molar-refractivity contribution in [1.29, 1.82) is 0 Å². The van der Waals surface area contributed by atoms with Crippen molar-refractivity contribution in [3.05, 3.63) is 18.2 Å². The molecular weight excluding hydrogens is 212 g/mol. The molecule has 17 heavy (non-hydrogen) atoms. The maximum absolute atomic E-state index is 5.45. The Morgan fingerprint density at radius 2 is 2.18 bits per heavy atom. The van der Waals surface area contributed by atoms with E-state index in [9.17, 15) is 0 Å². The minimum absolute atomic E-state index is 0.485. The molecule has 0 aromatic heterocycles. The second-order valence-corrected chi connectivity index (χ2v) is 5.42. The van der Waals surface area contributed by atoms with Gasteiger partial charge in [-0.15, -0.1) is 0 Å². The Balaban J connectivity index is 1.98. The van der Waals surface area contributed by atoms with Crippen LogP contribution in [0.15, 0.2) is 18.2 Å². The molecule has 1 aromatic carbocycles. The van der Waals surface area contributed by atoms with Gasteiger partial charge in [0, 0.05) is 25.6 Å². The van der Waals surface area contributed by atoms with Gasteiger partial charge in [-0.1, -0.05) is 12.5 Å². The van der Waals surface area contributed by atoms with E-state index >= 15 is 0 Å². The molecule has 0 unspecified atom stereocenters. The largest absolute Gasteiger partial charge is 0.495 e. The second-order valence-electron chi connectivity index (χ2n) is 5.42. The highest BCUT2D eigenvalue weighted by atomic mass is 16.5. The van der Waals surface area contributed by atoms with E-state index in [1.165, 1.54) is 24.9 Å². The Kier molecular flexibility index (Phi) is 2.42. The highest BCUT2D eigenvalue weighted by Crippen LogP contribution is 2.46. The van der Waals surface area contributed by atoms with Crippen molar-refractivity contribution in [1.82, 2.24) is 0 Å². The Hall–Kier alpha value is -1.38. The summed E-state index contributed by atoms with van der Waals surface area (Å²) in [6.07, 6.45) is 4.07. The molecule has 0 atom stereocenters. The fourth-order valence-electron chi connectivity index (χ4n) is 3.12. The molecule has 1 N–H and O–H groups in total. The zero-order valence-corrected chi connectivity index (χ0v) is 10.6. The zero-order valence-electron chi connectivity index (χ0n) is 10.6. The minimum atomic E-state index is 0.485. The molecular formula is C14H20N2O. The lowest BCUT2D eigenvalue weighted by Gasteiger charge is -2.43. The summed E-state index contributed by atoms with van der Waals surface area (Å²) in [5, 5.41) is 3.60. The topological polar surface area (TPSA) is 24.5 Å². The number of nitrogens with zero attached hydrogens (tertiary/aromatic N) is 1. The van der Waals surface area contributed by atoms with Crippen molar-refractivity contribution in [2.75, 3.05) is 37.5 Å². The maximum Gasteiger partial charge on any atom is 0.144 e. The second kappa shape index (κ2) is 3.83. The third-order valence-corrected chi connectivity index (χ3v) is 4.26. The van der Waals surface area contributed by atoms with Crippen molar-refractivity contribution in [2.24, 2.45) is 5.41 Å². The molecule has 1 aromatic rings. The summed E-state index contributed by atoms with van der Waals surface area (Å²) in [5.41, 5.74) is 2.90. The summed E-state index contributed by atoms with van der Waals surface area (Å²) < 4.78 is 5.45. The summed E-state index contributed by atoms with van der Waals surface area (Å²) in [7, 11) is 3.92. The van der Waals surface area contributed by atoms with Gasteiger partial charge in [-0.05, 0) is 25.0 Å². The van der Waals surface area contributed by atoms with Crippen LogP contribution in [-0.2, 0) is 0 Å². The van der Waals surface area contributed by atoms with Crippen LogP contribution in [0.4, 0.5) is 11.4 Å². The van der Waals surface area contributed by atoms with Crippen molar-refractivity contribution >= 4 is 11.4 Å². The first-order chi connectivity index (χ1) is 8.24. The molecule has 3 nitrogen and oxygen atoms in total. The molecule has 0 bridgehead atoms. The highest BCUT2D eigenvalue weighted by molar-refractivity contribution is 5.77. The summed E-state index contributed by atoms with van der Waals surface area (Å²) in [5.74, 6) is 0.950. The van der Waals surface area contributed by atoms with E-state index < -0.39 is 0 Å². The molecule has 1 spiro atoms. The first-order valence-electron chi connectivity index (χ1n) is 6.36. The van der Waals surface area contributed by atoms with Gasteiger partial charge >= 0.3 is 0 Å². The number of methoxy groups -OCH3 is 1. The Morgan fingerprint density at radius 1 is 1.35 bits per heavy atom. The predicted octanol–water partition coefficient (Wildman–Crippen LogP) is 2.73. The van der Waals surface area contributed by atoms with Crippen LogP contribution in [0.2, 0.25) is 0 Å². The molecule has 0 amide bonds. The smallest absolute Gasteiger partial charge is 0.144 e. The standard InChI is InChI=1S/C14H20N2O/c1-16-10-14(7-4-8-14)9-15-13-11(16)5-3-6-12(13)17-2/h3,5-6,15H,4,7-10H2,1-2H3. The van der Waals surface area contributed by atoms with Crippen LogP contribution in [0.3, 0.4) is 0 Å². The number of hydrogen-bond donors (Lipinski definition) is 1. The number of ether oxygens (including phenoxy) is 1. The van der Waals surface area contributed by atoms with E-state index in [-0.39, 0.29) is 0 Å². The molecule has 3 heteroatoms. The van der Waals surface area contributed by atoms with E-state index in [0.29, 0.717) is 5.41 Å². The summed E-state index contributed by atoms with van der Waals surface area (Å²) in [4.78, 5) is 2.37. The summed E-state index contributed by atoms with van der Waals surface area (Å²) in [6.45, 7) is 2.23. The minimum Gasteiger partial charge on any atom is -0.495 e. The summed E-state index contributed by atoms with van der Waals surface area (Å²) >= 11 is 0. The van der Waals surface area contributed by atoms with Gasteiger partial charge in [0.05, 0.1) is 12.8 Å². The van der Waals surface area contributed by atoms with Gasteiger partial charge in [-0.25, -0.2) is 0 Å². The maximum atomic E-state index is 5.45. The molecule has 0 radical (unpaired) electrons. The van der Waals surface area contributed by atoms with Crippen LogP contribution in [0.1, 0.15) is 19.3 Å². The highest BCUT2D eigenvalue weighted by Gasteiger charge is 2.40. The number of hydrogen-bond acceptors (Lipinski definition) is 3. The van der Waals surface area contributed by atoms with Gasteiger partial charge in [-0.3, -0.25) is 0 Å². The average Bonchev–Trinajstić information content (AvgIpc) is 2.46. The lowest BCUT2D eigenvalue weighted by Crippen LogP contribution is -2.43. The van der Waals surface area contributed by atoms with E-state index in [1.54, 1.807) is 7.11 Å². The number of benzene rings is 1. The number of rotatable bonds is 1. The van der Waals surface area contributed by atoms with Crippen LogP contribution in [0.5, 0.6) is 5.75 Å². The number of nitrogens with one attached hydrogen (secondary N) is 1. The molecule has 1 aliphatic carbocycles. The average molecular weight is 232 g/mol. The van der Waals surface area contributed by atoms with Crippen LogP contribution >= 0.6 is 0 Å². The van der Waals surface area contributed by atoms with E-state index in [4.69, 9.17) is 4.74 Å². The third kappa shape index (κ3) is 1.65. The fourth-order valence-corrected chi connectivity index (χ4v) is 3.12. The van der Waals surface area contributed by atoms with Crippen molar-refractivity contribution < 1.29 is 4.74 Å². The van der Waals surface area contributed by atoms with Gasteiger partial charge in [0.15, 0.2) is 0 Å². The van der Waals surface area contributed by atoms with Gasteiger partial charge in [0.2, 0.25) is 0 Å². The van der Waals surface area contributed by atoms with Crippen molar-refractivity contribution in [2.45, 2.75) is 19.3 Å². The molecule has 92 valence electrons. The Morgan fingerprint density at radius 3 is 2.82 bits per heavy atom. The molecule has 1 aliphatic heterocycles. The van der Waals surface area contributed by atoms with Crippen molar-refractivity contribution in [3.8, 4) is 5.75 Å². The number of fused-ring (bicyclic) bond motifs is 1. The molecule has 3 rings (SSSR count). The molecule has 2 aliphatic rings. The Bertz CT molecular complexity index is 426. The molecule has 1 fully saturated rings. The first kappa shape index (κ1) is 10.8. The van der Waals surface area contributed by atoms with Crippen LogP contribution in [0, 0.1) is 5.41 Å². The van der Waals surface area contributed by atoms with Gasteiger partial charge in [-0.2, -0.15) is 0 Å². The van der Waals surface area contributed by atoms with E-state index in [1.807, 2.05) is 6.07 Å². The lowest BCUT2D eigenvalue weighted by atomic mass is 9.68. The predicted molar refractivity (Wildman–Crippen MR) is 71.0 cm³/mol. The van der Waals surface area contributed by atoms with Gasteiger partial charge < -0.3 is 15.0 Å². The van der Waals surface area contributed by atoms with Crippen molar-refractivity contribution in [3.63, 3.8) is 0 Å². The SMILES string of the molecule is COc1cccc2c1NCC1(CCC1)CN2C. The third-order valence-electron chi connectivity index (χ3n) is 4.26. The van der Waals surface area contributed by atoms with Gasteiger partial charge in [0.1, 0.15) is 11.4 Å². The quantitative estimate of drug-likeness (QED) is 0.805. The van der Waals surface area contributed by atoms with E-state index in [0.717, 1.165) is 24.5 Å². The Labute approximate surface area is 103 Å². The first-order valence-corrected chi connectivity index (χ1v) is 6.36. The number of para-hydroxylation sites is 1. The molecule has 1 saturated carbocycles. The lowest BCUT2D eigenvalue weighted by molar-refractivity contribution is 0.162. The van der Waals surface area contributed by atoms with Crippen LogP contribution in [-0.4, -0.2) is 27.2 Å². The van der Waals surface area contributed by atoms with Gasteiger partial charge in [0.25, 0.3) is 0 Å². The van der Waals surface area contributed by atoms with E-state index in [2.05, 4.69) is 29.4 Å². The normalized spacial score (nSPS) is 21.2.